The molecule has 1 aromatic heterocycles. The van der Waals surface area contributed by atoms with E-state index in [-0.39, 0.29) is 25.1 Å². The maximum Gasteiger partial charge on any atom is 0.315 e. The van der Waals surface area contributed by atoms with Crippen LogP contribution in [0.15, 0.2) is 41.2 Å². The van der Waals surface area contributed by atoms with Gasteiger partial charge in [0.05, 0.1) is 42.8 Å². The number of anilines is 3. The molecule has 0 aliphatic carbocycles. The van der Waals surface area contributed by atoms with Gasteiger partial charge in [0.2, 0.25) is 0 Å². The topological polar surface area (TPSA) is 124 Å². The molecule has 2 aromatic carbocycles. The largest absolute Gasteiger partial charge is 0.461 e. The van der Waals surface area contributed by atoms with Crippen LogP contribution in [0.5, 0.6) is 0 Å². The average molecular weight is 506 g/mol. The van der Waals surface area contributed by atoms with E-state index in [1.807, 2.05) is 14.9 Å². The lowest BCUT2D eigenvalue weighted by Crippen LogP contribution is -2.39. The zero-order valence-corrected chi connectivity index (χ0v) is 19.1. The molecule has 4 rings (SSSR count). The van der Waals surface area contributed by atoms with E-state index in [2.05, 4.69) is 5.32 Å². The zero-order chi connectivity index (χ0) is 25.8. The molecule has 13 heteroatoms. The van der Waals surface area contributed by atoms with Crippen molar-refractivity contribution in [3.63, 3.8) is 0 Å². The number of benzene rings is 2. The van der Waals surface area contributed by atoms with E-state index in [1.165, 1.54) is 6.07 Å². The molecule has 0 saturated carbocycles. The fourth-order valence-electron chi connectivity index (χ4n) is 4.22. The fraction of sp³-hybridized carbons (Fsp3) is 0.348. The van der Waals surface area contributed by atoms with Crippen LogP contribution in [0.25, 0.3) is 10.9 Å². The number of nitrogens with one attached hydrogen (secondary N) is 2. The third-order valence-corrected chi connectivity index (χ3v) is 5.99. The van der Waals surface area contributed by atoms with Gasteiger partial charge in [0.15, 0.2) is 0 Å². The number of halogens is 3. The van der Waals surface area contributed by atoms with E-state index < -0.39 is 24.3 Å². The van der Waals surface area contributed by atoms with Crippen molar-refractivity contribution in [1.82, 2.24) is 14.7 Å². The highest BCUT2D eigenvalue weighted by atomic mass is 19.3. The van der Waals surface area contributed by atoms with Gasteiger partial charge < -0.3 is 26.0 Å². The Morgan fingerprint density at radius 3 is 2.53 bits per heavy atom. The number of rotatable bonds is 9. The highest BCUT2D eigenvalue weighted by Crippen LogP contribution is 2.25. The Morgan fingerprint density at radius 2 is 1.83 bits per heavy atom. The monoisotopic (exact) mass is 506 g/mol. The number of hydrogen-bond acceptors (Lipinski definition) is 7. The summed E-state index contributed by atoms with van der Waals surface area (Å²) in [5.41, 5.74) is 7.69. The zero-order valence-electron chi connectivity index (χ0n) is 19.1. The van der Waals surface area contributed by atoms with Crippen molar-refractivity contribution in [2.75, 3.05) is 42.1 Å². The van der Waals surface area contributed by atoms with Crippen LogP contribution in [0.2, 0.25) is 0 Å². The van der Waals surface area contributed by atoms with Gasteiger partial charge in [-0.15, -0.1) is 0 Å². The van der Waals surface area contributed by atoms with Crippen molar-refractivity contribution in [1.29, 1.82) is 0 Å². The van der Waals surface area contributed by atoms with Gasteiger partial charge in [0, 0.05) is 24.5 Å². The van der Waals surface area contributed by atoms with E-state index in [0.29, 0.717) is 48.6 Å². The number of carbonyl (C=O) groups is 2. The van der Waals surface area contributed by atoms with E-state index >= 15 is 4.39 Å². The molecular weight excluding hydrogens is 481 g/mol. The SMILES string of the molecule is Nc1ccc2c(c1)c(=O)n1n2CCN(c2ccc(NC[C@H](CNC(=O)C(F)F)OC=O)cc2F)CC1. The molecule has 1 aliphatic heterocycles. The predicted octanol–water partition coefficient (Wildman–Crippen LogP) is 1.38. The van der Waals surface area contributed by atoms with Gasteiger partial charge in [-0.05, 0) is 36.4 Å². The minimum Gasteiger partial charge on any atom is -0.461 e. The Hall–Kier alpha value is -4.16. The molecule has 2 heterocycles. The van der Waals surface area contributed by atoms with Gasteiger partial charge in [-0.1, -0.05) is 0 Å². The highest BCUT2D eigenvalue weighted by Gasteiger charge is 2.21. The number of nitrogens with zero attached hydrogens (tertiary/aromatic N) is 3. The van der Waals surface area contributed by atoms with E-state index in [9.17, 15) is 23.2 Å². The number of nitrogens with two attached hydrogens (primary N) is 1. The summed E-state index contributed by atoms with van der Waals surface area (Å²) in [6.07, 6.45) is -4.12. The second-order valence-electron chi connectivity index (χ2n) is 8.26. The summed E-state index contributed by atoms with van der Waals surface area (Å²) >= 11 is 0. The molecule has 0 saturated heterocycles. The number of hydrogen-bond donors (Lipinski definition) is 3. The van der Waals surface area contributed by atoms with Crippen LogP contribution in [-0.4, -0.2) is 60.5 Å². The van der Waals surface area contributed by atoms with E-state index in [1.54, 1.807) is 35.0 Å². The maximum absolute atomic E-state index is 15.0. The van der Waals surface area contributed by atoms with Crippen LogP contribution >= 0.6 is 0 Å². The first-order valence-corrected chi connectivity index (χ1v) is 11.2. The lowest BCUT2D eigenvalue weighted by atomic mass is 10.2. The molecule has 0 fully saturated rings. The summed E-state index contributed by atoms with van der Waals surface area (Å²) in [6, 6.07) is 9.69. The quantitative estimate of drug-likeness (QED) is 0.296. The second kappa shape index (κ2) is 10.6. The summed E-state index contributed by atoms with van der Waals surface area (Å²) < 4.78 is 48.0. The first-order valence-electron chi connectivity index (χ1n) is 11.2. The standard InChI is InChI=1S/C23H25F3N6O4/c24-18-10-15(28-11-16(36-13-33)12-29-22(34)21(25)26)2-4-20(18)30-5-7-31-19-3-1-14(27)9-17(19)23(35)32(31)8-6-30/h1-4,9-10,13,16,21,28H,5-8,11-12,27H2,(H,29,34)/t16-/m1/s1. The van der Waals surface area contributed by atoms with Crippen LogP contribution in [0.1, 0.15) is 0 Å². The number of ether oxygens (including phenoxy) is 1. The lowest BCUT2D eigenvalue weighted by Gasteiger charge is -2.23. The van der Waals surface area contributed by atoms with Crippen LogP contribution in [-0.2, 0) is 27.4 Å². The molecule has 36 heavy (non-hydrogen) atoms. The smallest absolute Gasteiger partial charge is 0.315 e. The predicted molar refractivity (Wildman–Crippen MR) is 128 cm³/mol. The molecule has 0 radical (unpaired) electrons. The highest BCUT2D eigenvalue weighted by molar-refractivity contribution is 5.82. The minimum atomic E-state index is -3.18. The van der Waals surface area contributed by atoms with E-state index in [4.69, 9.17) is 10.5 Å². The van der Waals surface area contributed by atoms with Crippen molar-refractivity contribution in [2.45, 2.75) is 25.6 Å². The molecule has 3 aromatic rings. The number of fused-ring (bicyclic) bond motifs is 3. The van der Waals surface area contributed by atoms with Crippen molar-refractivity contribution >= 4 is 40.3 Å². The van der Waals surface area contributed by atoms with Gasteiger partial charge in [-0.2, -0.15) is 8.78 Å². The van der Waals surface area contributed by atoms with Crippen molar-refractivity contribution in [2.24, 2.45) is 0 Å². The molecule has 1 amide bonds. The molecule has 1 atom stereocenters. The molecule has 0 spiro atoms. The van der Waals surface area contributed by atoms with Crippen LogP contribution < -0.4 is 26.8 Å². The van der Waals surface area contributed by atoms with Crippen LogP contribution in [0.4, 0.5) is 30.2 Å². The third kappa shape index (κ3) is 5.24. The van der Waals surface area contributed by atoms with Gasteiger partial charge in [-0.3, -0.25) is 19.1 Å². The third-order valence-electron chi connectivity index (χ3n) is 5.99. The molecule has 0 bridgehead atoms. The van der Waals surface area contributed by atoms with Gasteiger partial charge >= 0.3 is 6.43 Å². The molecular formula is C23H25F3N6O4. The van der Waals surface area contributed by atoms with Gasteiger partial charge in [-0.25, -0.2) is 9.07 Å². The summed E-state index contributed by atoms with van der Waals surface area (Å²) in [7, 11) is 0. The van der Waals surface area contributed by atoms with Gasteiger partial charge in [0.1, 0.15) is 11.9 Å². The lowest BCUT2D eigenvalue weighted by molar-refractivity contribution is -0.136. The average Bonchev–Trinajstić information content (AvgIpc) is 2.98. The Balaban J connectivity index is 1.41. The molecule has 4 N–H and O–H groups in total. The summed E-state index contributed by atoms with van der Waals surface area (Å²) in [4.78, 5) is 36.4. The number of carbonyl (C=O) groups excluding carboxylic acids is 2. The van der Waals surface area contributed by atoms with Crippen molar-refractivity contribution in [3.8, 4) is 0 Å². The molecule has 1 aliphatic rings. The van der Waals surface area contributed by atoms with Crippen LogP contribution in [0.3, 0.4) is 0 Å². The summed E-state index contributed by atoms with van der Waals surface area (Å²) in [5.74, 6) is -1.98. The number of nitrogen functional groups attached to an aromatic ring is 1. The number of amides is 1. The Morgan fingerprint density at radius 1 is 1.08 bits per heavy atom. The fourth-order valence-corrected chi connectivity index (χ4v) is 4.22. The summed E-state index contributed by atoms with van der Waals surface area (Å²) in [5, 5.41) is 5.39. The van der Waals surface area contributed by atoms with Crippen LogP contribution in [0, 0.1) is 5.82 Å². The second-order valence-corrected chi connectivity index (χ2v) is 8.26. The Labute approximate surface area is 203 Å². The van der Waals surface area contributed by atoms with Gasteiger partial charge in [0.25, 0.3) is 17.9 Å². The Kier molecular flexibility index (Phi) is 7.36. The van der Waals surface area contributed by atoms with Crippen molar-refractivity contribution in [3.05, 3.63) is 52.6 Å². The molecule has 0 unspecified atom stereocenters. The Bertz CT molecular complexity index is 1330. The number of alkyl halides is 2. The number of aromatic nitrogens is 2. The van der Waals surface area contributed by atoms with Crippen molar-refractivity contribution < 1.29 is 27.5 Å². The molecule has 10 nitrogen and oxygen atoms in total. The molecule has 192 valence electrons. The normalized spacial score (nSPS) is 14.3. The first kappa shape index (κ1) is 24.9. The summed E-state index contributed by atoms with van der Waals surface area (Å²) in [6.45, 7) is 1.48. The van der Waals surface area contributed by atoms with E-state index in [0.717, 1.165) is 5.52 Å². The first-order chi connectivity index (χ1) is 17.3. The maximum atomic E-state index is 15.0. The minimum absolute atomic E-state index is 0.0410.